The van der Waals surface area contributed by atoms with E-state index < -0.39 is 0 Å². The average molecular weight is 286 g/mol. The van der Waals surface area contributed by atoms with Gasteiger partial charge in [-0.15, -0.1) is 0 Å². The first kappa shape index (κ1) is 12.1. The predicted octanol–water partition coefficient (Wildman–Crippen LogP) is 4.04. The molecule has 1 nitrogen and oxygen atoms in total. The number of hydrogen-bond donors (Lipinski definition) is 1. The molecular formula is C13H17BrFN. The minimum atomic E-state index is -0.111. The molecule has 3 heteroatoms. The molecule has 1 atom stereocenters. The summed E-state index contributed by atoms with van der Waals surface area (Å²) in [5.74, 6) is 0.473. The first-order valence-electron chi connectivity index (χ1n) is 5.84. The Labute approximate surface area is 105 Å². The van der Waals surface area contributed by atoms with Crippen LogP contribution in [0.1, 0.15) is 37.3 Å². The monoisotopic (exact) mass is 285 g/mol. The van der Waals surface area contributed by atoms with E-state index in [-0.39, 0.29) is 11.9 Å². The van der Waals surface area contributed by atoms with Gasteiger partial charge in [0, 0.05) is 16.1 Å². The Bertz CT molecular complexity index is 361. The molecule has 1 saturated carbocycles. The van der Waals surface area contributed by atoms with Gasteiger partial charge in [-0.2, -0.15) is 0 Å². The number of benzene rings is 1. The molecule has 1 N–H and O–H groups in total. The first-order chi connectivity index (χ1) is 7.72. The molecule has 0 aromatic heterocycles. The minimum Gasteiger partial charge on any atom is -0.313 e. The summed E-state index contributed by atoms with van der Waals surface area (Å²) in [5.41, 5.74) is 0.803. The number of nitrogens with one attached hydrogen (secondary N) is 1. The molecule has 0 saturated heterocycles. The van der Waals surface area contributed by atoms with E-state index in [1.165, 1.54) is 25.7 Å². The van der Waals surface area contributed by atoms with Gasteiger partial charge in [0.2, 0.25) is 0 Å². The zero-order valence-electron chi connectivity index (χ0n) is 9.47. The highest BCUT2D eigenvalue weighted by Crippen LogP contribution is 2.36. The van der Waals surface area contributed by atoms with E-state index >= 15 is 0 Å². The second-order valence-electron chi connectivity index (χ2n) is 4.48. The Balaban J connectivity index is 2.25. The van der Waals surface area contributed by atoms with Gasteiger partial charge in [0.05, 0.1) is 0 Å². The summed E-state index contributed by atoms with van der Waals surface area (Å²) in [4.78, 5) is 0. The highest BCUT2D eigenvalue weighted by Gasteiger charge is 2.26. The molecule has 1 unspecified atom stereocenters. The van der Waals surface area contributed by atoms with Gasteiger partial charge in [-0.05, 0) is 37.9 Å². The van der Waals surface area contributed by atoms with Crippen molar-refractivity contribution in [3.63, 3.8) is 0 Å². The van der Waals surface area contributed by atoms with Crippen LogP contribution in [-0.2, 0) is 0 Å². The van der Waals surface area contributed by atoms with Crippen LogP contribution in [0.3, 0.4) is 0 Å². The summed E-state index contributed by atoms with van der Waals surface area (Å²) in [7, 11) is 1.92. The summed E-state index contributed by atoms with van der Waals surface area (Å²) < 4.78 is 14.7. The summed E-state index contributed by atoms with van der Waals surface area (Å²) in [6.45, 7) is 0. The molecule has 1 aliphatic rings. The third kappa shape index (κ3) is 2.46. The van der Waals surface area contributed by atoms with Crippen LogP contribution in [0.15, 0.2) is 22.7 Å². The van der Waals surface area contributed by atoms with E-state index in [0.29, 0.717) is 5.92 Å². The second kappa shape index (κ2) is 5.28. The molecule has 1 aromatic rings. The van der Waals surface area contributed by atoms with Gasteiger partial charge in [0.1, 0.15) is 5.82 Å². The fourth-order valence-corrected chi connectivity index (χ4v) is 3.02. The van der Waals surface area contributed by atoms with Crippen LogP contribution in [0, 0.1) is 11.7 Å². The van der Waals surface area contributed by atoms with Gasteiger partial charge in [-0.25, -0.2) is 4.39 Å². The Morgan fingerprint density at radius 1 is 1.38 bits per heavy atom. The Kier molecular flexibility index (Phi) is 3.98. The molecule has 0 bridgehead atoms. The van der Waals surface area contributed by atoms with Crippen LogP contribution in [-0.4, -0.2) is 7.05 Å². The SMILES string of the molecule is CNC(c1ccc(Br)cc1F)C1CCCC1. The van der Waals surface area contributed by atoms with Gasteiger partial charge in [0.25, 0.3) is 0 Å². The van der Waals surface area contributed by atoms with Crippen molar-refractivity contribution in [1.29, 1.82) is 0 Å². The van der Waals surface area contributed by atoms with E-state index in [2.05, 4.69) is 21.2 Å². The van der Waals surface area contributed by atoms with Gasteiger partial charge in [0.15, 0.2) is 0 Å². The minimum absolute atomic E-state index is 0.111. The van der Waals surface area contributed by atoms with Crippen LogP contribution < -0.4 is 5.32 Å². The van der Waals surface area contributed by atoms with E-state index in [9.17, 15) is 4.39 Å². The van der Waals surface area contributed by atoms with Crippen molar-refractivity contribution in [2.24, 2.45) is 5.92 Å². The van der Waals surface area contributed by atoms with Gasteiger partial charge in [-0.3, -0.25) is 0 Å². The van der Waals surface area contributed by atoms with Gasteiger partial charge < -0.3 is 5.32 Å². The largest absolute Gasteiger partial charge is 0.313 e. The molecule has 0 aliphatic heterocycles. The van der Waals surface area contributed by atoms with Crippen LogP contribution >= 0.6 is 15.9 Å². The molecule has 2 rings (SSSR count). The second-order valence-corrected chi connectivity index (χ2v) is 5.39. The molecule has 0 heterocycles. The summed E-state index contributed by atoms with van der Waals surface area (Å²) >= 11 is 3.29. The quantitative estimate of drug-likeness (QED) is 0.884. The lowest BCUT2D eigenvalue weighted by Gasteiger charge is -2.23. The van der Waals surface area contributed by atoms with Gasteiger partial charge >= 0.3 is 0 Å². The molecule has 1 aromatic carbocycles. The summed E-state index contributed by atoms with van der Waals surface area (Å²) in [5, 5.41) is 3.27. The maximum Gasteiger partial charge on any atom is 0.129 e. The molecule has 88 valence electrons. The molecule has 0 amide bonds. The summed E-state index contributed by atoms with van der Waals surface area (Å²) in [6.07, 6.45) is 4.98. The summed E-state index contributed by atoms with van der Waals surface area (Å²) in [6, 6.07) is 5.52. The average Bonchev–Trinajstić information content (AvgIpc) is 2.75. The third-order valence-electron chi connectivity index (χ3n) is 3.48. The van der Waals surface area contributed by atoms with E-state index in [1.54, 1.807) is 6.07 Å². The lowest BCUT2D eigenvalue weighted by atomic mass is 9.91. The van der Waals surface area contributed by atoms with Crippen molar-refractivity contribution in [2.75, 3.05) is 7.05 Å². The lowest BCUT2D eigenvalue weighted by molar-refractivity contribution is 0.378. The lowest BCUT2D eigenvalue weighted by Crippen LogP contribution is -2.24. The van der Waals surface area contributed by atoms with Crippen LogP contribution in [0.2, 0.25) is 0 Å². The van der Waals surface area contributed by atoms with Crippen LogP contribution in [0.4, 0.5) is 4.39 Å². The fourth-order valence-electron chi connectivity index (χ4n) is 2.69. The molecular weight excluding hydrogens is 269 g/mol. The van der Waals surface area contributed by atoms with Crippen LogP contribution in [0.25, 0.3) is 0 Å². The molecule has 0 radical (unpaired) electrons. The molecule has 1 aliphatic carbocycles. The smallest absolute Gasteiger partial charge is 0.129 e. The molecule has 1 fully saturated rings. The van der Waals surface area contributed by atoms with Crippen molar-refractivity contribution in [1.82, 2.24) is 5.32 Å². The van der Waals surface area contributed by atoms with Crippen molar-refractivity contribution in [3.8, 4) is 0 Å². The van der Waals surface area contributed by atoms with E-state index in [0.717, 1.165) is 10.0 Å². The van der Waals surface area contributed by atoms with E-state index in [4.69, 9.17) is 0 Å². The maximum absolute atomic E-state index is 13.9. The fraction of sp³-hybridized carbons (Fsp3) is 0.538. The van der Waals surface area contributed by atoms with E-state index in [1.807, 2.05) is 19.2 Å². The van der Waals surface area contributed by atoms with Crippen molar-refractivity contribution in [3.05, 3.63) is 34.1 Å². The van der Waals surface area contributed by atoms with Crippen molar-refractivity contribution >= 4 is 15.9 Å². The molecule has 0 spiro atoms. The standard InChI is InChI=1S/C13H17BrFN/c1-16-13(9-4-2-3-5-9)11-7-6-10(14)8-12(11)15/h6-9,13,16H,2-5H2,1H3. The zero-order chi connectivity index (χ0) is 11.5. The normalized spacial score (nSPS) is 18.9. The van der Waals surface area contributed by atoms with Crippen molar-refractivity contribution < 1.29 is 4.39 Å². The topological polar surface area (TPSA) is 12.0 Å². The third-order valence-corrected chi connectivity index (χ3v) is 3.97. The first-order valence-corrected chi connectivity index (χ1v) is 6.64. The van der Waals surface area contributed by atoms with Gasteiger partial charge in [-0.1, -0.05) is 34.8 Å². The number of halogens is 2. The van der Waals surface area contributed by atoms with Crippen LogP contribution in [0.5, 0.6) is 0 Å². The Morgan fingerprint density at radius 3 is 2.62 bits per heavy atom. The highest BCUT2D eigenvalue weighted by molar-refractivity contribution is 9.10. The number of hydrogen-bond acceptors (Lipinski definition) is 1. The maximum atomic E-state index is 13.9. The predicted molar refractivity (Wildman–Crippen MR) is 67.9 cm³/mol. The number of rotatable bonds is 3. The molecule has 16 heavy (non-hydrogen) atoms. The Morgan fingerprint density at radius 2 is 2.06 bits per heavy atom. The zero-order valence-corrected chi connectivity index (χ0v) is 11.1. The Hall–Kier alpha value is -0.410. The highest BCUT2D eigenvalue weighted by atomic mass is 79.9. The van der Waals surface area contributed by atoms with Crippen molar-refractivity contribution in [2.45, 2.75) is 31.7 Å².